The Morgan fingerprint density at radius 1 is 1.14 bits per heavy atom. The van der Waals surface area contributed by atoms with Gasteiger partial charge in [-0.2, -0.15) is 0 Å². The summed E-state index contributed by atoms with van der Waals surface area (Å²) >= 11 is 0. The first-order valence-corrected chi connectivity index (χ1v) is 10.1. The third-order valence-electron chi connectivity index (χ3n) is 3.97. The molecular weight excluding hydrogens is 402 g/mol. The zero-order valence-corrected chi connectivity index (χ0v) is 17.3. The van der Waals surface area contributed by atoms with E-state index in [9.17, 15) is 13.2 Å². The van der Waals surface area contributed by atoms with Gasteiger partial charge in [-0.25, -0.2) is 13.1 Å². The molecule has 154 valence electrons. The number of carbonyl (C=O) groups is 1. The summed E-state index contributed by atoms with van der Waals surface area (Å²) in [6.45, 7) is 0.744. The predicted molar refractivity (Wildman–Crippen MR) is 112 cm³/mol. The van der Waals surface area contributed by atoms with Crippen molar-refractivity contribution < 1.29 is 17.9 Å². The molecule has 0 saturated carbocycles. The number of hydrogen-bond donors (Lipinski definition) is 3. The molecule has 2 aromatic rings. The molecule has 0 fully saturated rings. The molecule has 0 atom stereocenters. The molecule has 7 nitrogen and oxygen atoms in total. The third-order valence-corrected chi connectivity index (χ3v) is 5.43. The van der Waals surface area contributed by atoms with Gasteiger partial charge in [0.05, 0.1) is 11.5 Å². The molecular formula is C19H26ClN3O4S. The highest BCUT2D eigenvalue weighted by atomic mass is 35.5. The average Bonchev–Trinajstić information content (AvgIpc) is 2.66. The van der Waals surface area contributed by atoms with Crippen molar-refractivity contribution in [1.29, 1.82) is 0 Å². The monoisotopic (exact) mass is 427 g/mol. The van der Waals surface area contributed by atoms with E-state index in [1.54, 1.807) is 24.3 Å². The fourth-order valence-electron chi connectivity index (χ4n) is 2.48. The van der Waals surface area contributed by atoms with Crippen LogP contribution >= 0.6 is 12.4 Å². The molecule has 0 bridgehead atoms. The summed E-state index contributed by atoms with van der Waals surface area (Å²) in [5.41, 5.74) is 8.18. The molecule has 4 N–H and O–H groups in total. The number of ether oxygens (including phenoxy) is 1. The van der Waals surface area contributed by atoms with Gasteiger partial charge in [-0.05, 0) is 35.7 Å². The zero-order chi connectivity index (χ0) is 19.7. The Morgan fingerprint density at radius 2 is 1.89 bits per heavy atom. The lowest BCUT2D eigenvalue weighted by molar-refractivity contribution is -0.121. The van der Waals surface area contributed by atoms with E-state index < -0.39 is 10.0 Å². The van der Waals surface area contributed by atoms with E-state index in [4.69, 9.17) is 10.5 Å². The average molecular weight is 428 g/mol. The minimum absolute atomic E-state index is 0. The quantitative estimate of drug-likeness (QED) is 0.396. The standard InChI is InChI=1S/C19H25N3O4S.ClH/c1-26-12-11-22-27(24,25)17-7-4-5-15(13-17)14-21-19(23)10-9-16-6-2-3-8-18(16)20;/h2-8,13,22H,9-12,14,20H2,1H3,(H,21,23);1H. The van der Waals surface area contributed by atoms with Crippen molar-refractivity contribution in [2.75, 3.05) is 26.0 Å². The van der Waals surface area contributed by atoms with Crippen molar-refractivity contribution >= 4 is 34.0 Å². The van der Waals surface area contributed by atoms with Crippen LogP contribution in [0.1, 0.15) is 17.5 Å². The highest BCUT2D eigenvalue weighted by Crippen LogP contribution is 2.13. The van der Waals surface area contributed by atoms with Gasteiger partial charge in [0, 0.05) is 32.3 Å². The fraction of sp³-hybridized carbons (Fsp3) is 0.316. The number of nitrogens with two attached hydrogens (primary N) is 1. The lowest BCUT2D eigenvalue weighted by Gasteiger charge is -2.10. The highest BCUT2D eigenvalue weighted by molar-refractivity contribution is 7.89. The highest BCUT2D eigenvalue weighted by Gasteiger charge is 2.14. The normalized spacial score (nSPS) is 10.9. The van der Waals surface area contributed by atoms with Crippen LogP contribution in [0, 0.1) is 0 Å². The summed E-state index contributed by atoms with van der Waals surface area (Å²) in [4.78, 5) is 12.2. The van der Waals surface area contributed by atoms with E-state index in [-0.39, 0.29) is 36.3 Å². The van der Waals surface area contributed by atoms with Crippen LogP contribution in [0.15, 0.2) is 53.4 Å². The molecule has 0 aromatic heterocycles. The summed E-state index contributed by atoms with van der Waals surface area (Å²) in [6, 6.07) is 13.9. The van der Waals surface area contributed by atoms with E-state index >= 15 is 0 Å². The van der Waals surface area contributed by atoms with Gasteiger partial charge in [0.15, 0.2) is 0 Å². The second-order valence-electron chi connectivity index (χ2n) is 6.01. The van der Waals surface area contributed by atoms with E-state index in [0.29, 0.717) is 30.7 Å². The maximum atomic E-state index is 12.2. The Morgan fingerprint density at radius 3 is 2.61 bits per heavy atom. The Bertz CT molecular complexity index is 875. The molecule has 0 aliphatic rings. The number of sulfonamides is 1. The fourth-order valence-corrected chi connectivity index (χ4v) is 3.57. The number of nitrogens with one attached hydrogen (secondary N) is 2. The van der Waals surface area contributed by atoms with Crippen LogP contribution in [0.2, 0.25) is 0 Å². The summed E-state index contributed by atoms with van der Waals surface area (Å²) in [5, 5.41) is 2.80. The van der Waals surface area contributed by atoms with E-state index in [1.807, 2.05) is 18.2 Å². The van der Waals surface area contributed by atoms with Crippen molar-refractivity contribution in [2.24, 2.45) is 0 Å². The minimum Gasteiger partial charge on any atom is -0.399 e. The van der Waals surface area contributed by atoms with Crippen LogP contribution in [-0.2, 0) is 32.5 Å². The largest absolute Gasteiger partial charge is 0.399 e. The molecule has 0 saturated heterocycles. The van der Waals surface area contributed by atoms with Crippen molar-refractivity contribution in [3.63, 3.8) is 0 Å². The number of benzene rings is 2. The van der Waals surface area contributed by atoms with Crippen LogP contribution in [0.3, 0.4) is 0 Å². The molecule has 28 heavy (non-hydrogen) atoms. The molecule has 0 unspecified atom stereocenters. The molecule has 1 amide bonds. The number of rotatable bonds is 10. The van der Waals surface area contributed by atoms with Crippen molar-refractivity contribution in [1.82, 2.24) is 10.0 Å². The Kier molecular flexibility index (Phi) is 9.95. The number of amides is 1. The SMILES string of the molecule is COCCNS(=O)(=O)c1cccc(CNC(=O)CCc2ccccc2N)c1.Cl. The van der Waals surface area contributed by atoms with E-state index in [0.717, 1.165) is 5.56 Å². The van der Waals surface area contributed by atoms with Crippen LogP contribution in [0.5, 0.6) is 0 Å². The van der Waals surface area contributed by atoms with Gasteiger partial charge in [0.25, 0.3) is 0 Å². The Labute approximate surface area is 172 Å². The first-order valence-electron chi connectivity index (χ1n) is 8.60. The van der Waals surface area contributed by atoms with Gasteiger partial charge in [0.2, 0.25) is 15.9 Å². The summed E-state index contributed by atoms with van der Waals surface area (Å²) in [6.07, 6.45) is 0.862. The van der Waals surface area contributed by atoms with Gasteiger partial charge in [0.1, 0.15) is 0 Å². The van der Waals surface area contributed by atoms with E-state index in [2.05, 4.69) is 10.0 Å². The maximum Gasteiger partial charge on any atom is 0.240 e. The number of hydrogen-bond acceptors (Lipinski definition) is 5. The number of methoxy groups -OCH3 is 1. The van der Waals surface area contributed by atoms with Gasteiger partial charge in [-0.3, -0.25) is 4.79 Å². The van der Waals surface area contributed by atoms with Crippen LogP contribution in [0.25, 0.3) is 0 Å². The lowest BCUT2D eigenvalue weighted by atomic mass is 10.1. The summed E-state index contributed by atoms with van der Waals surface area (Å²) in [7, 11) is -2.10. The number of nitrogen functional groups attached to an aromatic ring is 1. The van der Waals surface area contributed by atoms with Gasteiger partial charge in [-0.1, -0.05) is 30.3 Å². The zero-order valence-electron chi connectivity index (χ0n) is 15.7. The lowest BCUT2D eigenvalue weighted by Crippen LogP contribution is -2.27. The summed E-state index contributed by atoms with van der Waals surface area (Å²) in [5.74, 6) is -0.121. The molecule has 0 radical (unpaired) electrons. The number of para-hydroxylation sites is 1. The minimum atomic E-state index is -3.60. The first-order chi connectivity index (χ1) is 12.9. The van der Waals surface area contributed by atoms with Crippen LogP contribution < -0.4 is 15.8 Å². The third kappa shape index (κ3) is 7.47. The van der Waals surface area contributed by atoms with Crippen LogP contribution in [0.4, 0.5) is 5.69 Å². The molecule has 2 rings (SSSR count). The second kappa shape index (κ2) is 11.7. The molecule has 0 aliphatic carbocycles. The van der Waals surface area contributed by atoms with Crippen molar-refractivity contribution in [3.05, 3.63) is 59.7 Å². The molecule has 0 heterocycles. The topological polar surface area (TPSA) is 111 Å². The Balaban J connectivity index is 0.00000392. The molecule has 9 heteroatoms. The number of carbonyl (C=O) groups excluding carboxylic acids is 1. The van der Waals surface area contributed by atoms with Crippen LogP contribution in [-0.4, -0.2) is 34.6 Å². The molecule has 0 spiro atoms. The number of aryl methyl sites for hydroxylation is 1. The Hall–Kier alpha value is -2.13. The molecule has 2 aromatic carbocycles. The van der Waals surface area contributed by atoms with E-state index in [1.165, 1.54) is 13.2 Å². The first kappa shape index (κ1) is 23.9. The second-order valence-corrected chi connectivity index (χ2v) is 7.78. The van der Waals surface area contributed by atoms with Crippen molar-refractivity contribution in [3.8, 4) is 0 Å². The van der Waals surface area contributed by atoms with Gasteiger partial charge in [-0.15, -0.1) is 12.4 Å². The smallest absolute Gasteiger partial charge is 0.240 e. The van der Waals surface area contributed by atoms with Crippen molar-refractivity contribution in [2.45, 2.75) is 24.3 Å². The number of halogens is 1. The molecule has 0 aliphatic heterocycles. The summed E-state index contributed by atoms with van der Waals surface area (Å²) < 4.78 is 31.7. The van der Waals surface area contributed by atoms with Gasteiger partial charge < -0.3 is 15.8 Å². The number of anilines is 1. The van der Waals surface area contributed by atoms with Gasteiger partial charge >= 0.3 is 0 Å². The predicted octanol–water partition coefficient (Wildman–Crippen LogP) is 1.86. The maximum absolute atomic E-state index is 12.2.